The Labute approximate surface area is 320 Å². The van der Waals surface area contributed by atoms with Gasteiger partial charge >= 0.3 is 11.8 Å². The number of aromatic nitrogens is 5. The standard InChI is InChI=1S/C40H40ClF2N8O4/c1-49(20-24-12-17-50(21-24)31(52)11-10-30-45-37(48-55-30)40(53)14-4-15-40)36-28-19-44-34(27-8-2-6-25-7-3-9-29(41)32(25)27)33(43)35(28)46-38(47-36)54-23-39-13-5-16-51(39)22-26(42)18-39/h2-3,6-11,19-20,24,26,53H,4-5,12-18,21-23H2,1H3/q+1/b11-10+,49-20?/t24?,26-,39+/m1/s1. The van der Waals surface area contributed by atoms with Crippen LogP contribution in [0.25, 0.3) is 39.0 Å². The third kappa shape index (κ3) is 6.53. The third-order valence-electron chi connectivity index (χ3n) is 11.7. The molecule has 1 amide bonds. The molecular weight excluding hydrogens is 730 g/mol. The molecule has 3 aromatic heterocycles. The summed E-state index contributed by atoms with van der Waals surface area (Å²) >= 11 is 6.63. The first-order chi connectivity index (χ1) is 26.6. The molecule has 3 aliphatic heterocycles. The van der Waals surface area contributed by atoms with E-state index in [1.807, 2.05) is 37.5 Å². The zero-order valence-corrected chi connectivity index (χ0v) is 31.1. The number of amides is 1. The lowest BCUT2D eigenvalue weighted by molar-refractivity contribution is -0.405. The van der Waals surface area contributed by atoms with E-state index in [1.165, 1.54) is 12.2 Å². The highest BCUT2D eigenvalue weighted by atomic mass is 35.5. The maximum Gasteiger partial charge on any atom is 0.434 e. The lowest BCUT2D eigenvalue weighted by Gasteiger charge is -2.32. The number of aliphatic hydroxyl groups is 1. The number of benzene rings is 2. The van der Waals surface area contributed by atoms with Crippen molar-refractivity contribution in [3.63, 3.8) is 0 Å². The van der Waals surface area contributed by atoms with Crippen molar-refractivity contribution in [2.45, 2.75) is 62.3 Å². The van der Waals surface area contributed by atoms with Gasteiger partial charge in [0.05, 0.1) is 18.8 Å². The Kier molecular flexibility index (Phi) is 9.09. The minimum atomic E-state index is -1.05. The predicted octanol–water partition coefficient (Wildman–Crippen LogP) is 6.25. The Hall–Kier alpha value is -4.92. The zero-order chi connectivity index (χ0) is 37.9. The molecule has 1 aliphatic carbocycles. The molecule has 3 atom stereocenters. The molecule has 284 valence electrons. The van der Waals surface area contributed by atoms with E-state index in [1.54, 1.807) is 27.8 Å². The molecule has 15 heteroatoms. The maximum atomic E-state index is 16.8. The molecule has 55 heavy (non-hydrogen) atoms. The monoisotopic (exact) mass is 769 g/mol. The second-order valence-corrected chi connectivity index (χ2v) is 15.7. The van der Waals surface area contributed by atoms with Crippen molar-refractivity contribution < 1.29 is 32.5 Å². The molecule has 1 N–H and O–H groups in total. The van der Waals surface area contributed by atoms with Crippen LogP contribution in [-0.4, -0.2) is 108 Å². The maximum absolute atomic E-state index is 16.8. The van der Waals surface area contributed by atoms with E-state index in [0.717, 1.165) is 31.2 Å². The Bertz CT molecular complexity index is 2380. The summed E-state index contributed by atoms with van der Waals surface area (Å²) in [7, 11) is 1.82. The van der Waals surface area contributed by atoms with Crippen molar-refractivity contribution in [1.82, 2.24) is 34.9 Å². The molecule has 4 fully saturated rings. The average Bonchev–Trinajstić information content (AvgIpc) is 3.97. The summed E-state index contributed by atoms with van der Waals surface area (Å²) in [5.74, 6) is -0.109. The first-order valence-electron chi connectivity index (χ1n) is 18.8. The van der Waals surface area contributed by atoms with Crippen molar-refractivity contribution in [1.29, 1.82) is 0 Å². The van der Waals surface area contributed by atoms with Gasteiger partial charge in [-0.3, -0.25) is 14.7 Å². The van der Waals surface area contributed by atoms with E-state index in [-0.39, 0.29) is 47.4 Å². The van der Waals surface area contributed by atoms with Crippen LogP contribution in [0.3, 0.4) is 0 Å². The Morgan fingerprint density at radius 3 is 2.78 bits per heavy atom. The Balaban J connectivity index is 1.01. The second kappa shape index (κ2) is 14.0. The number of nitrogens with zero attached hydrogens (tertiary/aromatic N) is 8. The topological polar surface area (TPSA) is 134 Å². The number of fused-ring (bicyclic) bond motifs is 3. The van der Waals surface area contributed by atoms with Crippen molar-refractivity contribution in [3.8, 4) is 17.3 Å². The Morgan fingerprint density at radius 2 is 1.96 bits per heavy atom. The number of hydrogen-bond acceptors (Lipinski definition) is 10. The lowest BCUT2D eigenvalue weighted by atomic mass is 9.80. The second-order valence-electron chi connectivity index (χ2n) is 15.3. The highest BCUT2D eigenvalue weighted by molar-refractivity contribution is 6.36. The van der Waals surface area contributed by atoms with Crippen LogP contribution in [0.2, 0.25) is 5.02 Å². The minimum absolute atomic E-state index is 0.0136. The fourth-order valence-electron chi connectivity index (χ4n) is 8.65. The van der Waals surface area contributed by atoms with Gasteiger partial charge in [-0.05, 0) is 56.5 Å². The minimum Gasteiger partial charge on any atom is -0.443 e. The van der Waals surface area contributed by atoms with Gasteiger partial charge in [0.25, 0.3) is 5.89 Å². The van der Waals surface area contributed by atoms with Crippen molar-refractivity contribution >= 4 is 57.3 Å². The van der Waals surface area contributed by atoms with Crippen LogP contribution in [0.4, 0.5) is 14.6 Å². The average molecular weight is 770 g/mol. The van der Waals surface area contributed by atoms with E-state index < -0.39 is 23.1 Å². The summed E-state index contributed by atoms with van der Waals surface area (Å²) in [4.78, 5) is 35.2. The van der Waals surface area contributed by atoms with Gasteiger partial charge < -0.3 is 19.3 Å². The van der Waals surface area contributed by atoms with Gasteiger partial charge in [0, 0.05) is 71.3 Å². The molecule has 6 heterocycles. The van der Waals surface area contributed by atoms with Crippen molar-refractivity contribution in [3.05, 3.63) is 71.2 Å². The molecule has 0 spiro atoms. The molecule has 12 nitrogen and oxygen atoms in total. The number of ether oxygens (including phenoxy) is 1. The summed E-state index contributed by atoms with van der Waals surface area (Å²) in [6, 6.07) is 11.0. The highest BCUT2D eigenvalue weighted by Crippen LogP contribution is 2.42. The van der Waals surface area contributed by atoms with E-state index in [0.29, 0.717) is 72.5 Å². The molecule has 0 bridgehead atoms. The largest absolute Gasteiger partial charge is 0.443 e. The van der Waals surface area contributed by atoms with Gasteiger partial charge in [-0.15, -0.1) is 0 Å². The summed E-state index contributed by atoms with van der Waals surface area (Å²) in [5, 5.41) is 16.8. The number of pyridine rings is 1. The molecule has 0 radical (unpaired) electrons. The van der Waals surface area contributed by atoms with Gasteiger partial charge in [0.15, 0.2) is 5.82 Å². The van der Waals surface area contributed by atoms with E-state index in [2.05, 4.69) is 25.0 Å². The zero-order valence-electron chi connectivity index (χ0n) is 30.3. The fraction of sp³-hybridized carbons (Fsp3) is 0.425. The smallest absolute Gasteiger partial charge is 0.434 e. The quantitative estimate of drug-likeness (QED) is 0.104. The molecule has 9 rings (SSSR count). The lowest BCUT2D eigenvalue weighted by Crippen LogP contribution is -2.43. The van der Waals surface area contributed by atoms with Crippen LogP contribution in [0.15, 0.2) is 53.2 Å². The van der Waals surface area contributed by atoms with Crippen LogP contribution >= 0.6 is 11.6 Å². The van der Waals surface area contributed by atoms with Gasteiger partial charge in [0.2, 0.25) is 11.7 Å². The van der Waals surface area contributed by atoms with Gasteiger partial charge in [-0.1, -0.05) is 47.1 Å². The first kappa shape index (κ1) is 35.8. The number of halogens is 3. The summed E-state index contributed by atoms with van der Waals surface area (Å²) in [6.07, 6.45) is 10.3. The van der Waals surface area contributed by atoms with Crippen LogP contribution in [0, 0.1) is 11.7 Å². The fourth-order valence-corrected chi connectivity index (χ4v) is 8.94. The SMILES string of the molecule is C[N+](=CC1CCN(C(=O)/C=C/c2nc(C3(O)CCC3)no2)C1)c1nc(OC[C@@]23CCCN2C[C@H](F)C3)nc2c(F)c(-c3cccc4cccc(Cl)c34)ncc12. The summed E-state index contributed by atoms with van der Waals surface area (Å²) in [5.41, 5.74) is -0.835. The van der Waals surface area contributed by atoms with Crippen molar-refractivity contribution in [2.24, 2.45) is 5.92 Å². The first-order valence-corrected chi connectivity index (χ1v) is 19.1. The predicted molar refractivity (Wildman–Crippen MR) is 201 cm³/mol. The summed E-state index contributed by atoms with van der Waals surface area (Å²) in [6.45, 7) is 2.33. The van der Waals surface area contributed by atoms with Crippen LogP contribution < -0.4 is 4.74 Å². The number of alkyl halides is 1. The van der Waals surface area contributed by atoms with Crippen LogP contribution in [0.5, 0.6) is 6.01 Å². The molecule has 3 saturated heterocycles. The number of rotatable bonds is 9. The van der Waals surface area contributed by atoms with Crippen LogP contribution in [0.1, 0.15) is 56.7 Å². The molecule has 5 aromatic rings. The van der Waals surface area contributed by atoms with Crippen LogP contribution in [-0.2, 0) is 10.4 Å². The van der Waals surface area contributed by atoms with E-state index in [4.69, 9.17) is 25.8 Å². The Morgan fingerprint density at radius 1 is 1.13 bits per heavy atom. The van der Waals surface area contributed by atoms with E-state index in [9.17, 15) is 14.3 Å². The molecule has 2 aromatic carbocycles. The van der Waals surface area contributed by atoms with Gasteiger partial charge in [-0.2, -0.15) is 9.97 Å². The number of carbonyl (C=O) groups is 1. The highest BCUT2D eigenvalue weighted by Gasteiger charge is 2.49. The third-order valence-corrected chi connectivity index (χ3v) is 12.0. The molecule has 1 unspecified atom stereocenters. The summed E-state index contributed by atoms with van der Waals surface area (Å²) < 4.78 is 44.7. The number of likely N-dealkylation sites (tertiary alicyclic amines) is 1. The number of hydrogen-bond donors (Lipinski definition) is 1. The van der Waals surface area contributed by atoms with Crippen molar-refractivity contribution in [2.75, 3.05) is 39.8 Å². The molecular formula is C40H40ClF2N8O4+. The molecule has 1 saturated carbocycles. The normalized spacial score (nSPS) is 23.9. The number of carbonyl (C=O) groups excluding carboxylic acids is 1. The van der Waals surface area contributed by atoms with Gasteiger partial charge in [-0.25, -0.2) is 13.4 Å². The molecule has 4 aliphatic rings. The van der Waals surface area contributed by atoms with Gasteiger partial charge in [0.1, 0.15) is 35.0 Å². The van der Waals surface area contributed by atoms with E-state index >= 15 is 4.39 Å².